The summed E-state index contributed by atoms with van der Waals surface area (Å²) >= 11 is 2.31. The van der Waals surface area contributed by atoms with Gasteiger partial charge in [-0.1, -0.05) is 19.4 Å². The van der Waals surface area contributed by atoms with Crippen LogP contribution in [0.1, 0.15) is 19.8 Å². The van der Waals surface area contributed by atoms with Gasteiger partial charge in [-0.3, -0.25) is 0 Å². The second-order valence-electron chi connectivity index (χ2n) is 3.40. The lowest BCUT2D eigenvalue weighted by Crippen LogP contribution is -2.09. The summed E-state index contributed by atoms with van der Waals surface area (Å²) < 4.78 is 6.72. The number of hydrogen-bond donors (Lipinski definition) is 1. The van der Waals surface area contributed by atoms with E-state index in [9.17, 15) is 0 Å². The molecule has 15 heavy (non-hydrogen) atoms. The van der Waals surface area contributed by atoms with Crippen molar-refractivity contribution in [1.29, 1.82) is 0 Å². The minimum atomic E-state index is 0.783. The van der Waals surface area contributed by atoms with E-state index < -0.39 is 0 Å². The molecule has 0 aliphatic carbocycles. The van der Waals surface area contributed by atoms with E-state index in [-0.39, 0.29) is 0 Å². The van der Waals surface area contributed by atoms with Crippen LogP contribution in [-0.4, -0.2) is 19.8 Å². The average molecular weight is 319 g/mol. The summed E-state index contributed by atoms with van der Waals surface area (Å²) in [4.78, 5) is 0. The molecule has 0 bridgehead atoms. The molecule has 2 nitrogen and oxygen atoms in total. The zero-order chi connectivity index (χ0) is 10.9. The molecule has 0 saturated carbocycles. The first-order valence-corrected chi connectivity index (χ1v) is 6.48. The van der Waals surface area contributed by atoms with Gasteiger partial charge in [-0.25, -0.2) is 0 Å². The maximum absolute atomic E-state index is 5.46. The van der Waals surface area contributed by atoms with Gasteiger partial charge in [0.1, 0.15) is 0 Å². The number of anilines is 1. The lowest BCUT2D eigenvalue weighted by atomic mass is 10.3. The van der Waals surface area contributed by atoms with Gasteiger partial charge in [0.05, 0.1) is 6.61 Å². The first-order valence-electron chi connectivity index (χ1n) is 5.40. The number of unbranched alkanes of at least 4 members (excludes halogenated alkanes) is 1. The van der Waals surface area contributed by atoms with Crippen molar-refractivity contribution < 1.29 is 4.74 Å². The summed E-state index contributed by atoms with van der Waals surface area (Å²) in [6.45, 7) is 4.72. The summed E-state index contributed by atoms with van der Waals surface area (Å²) in [7, 11) is 0. The molecule has 0 radical (unpaired) electrons. The Labute approximate surface area is 106 Å². The molecular formula is C12H18INO. The third kappa shape index (κ3) is 5.99. The fourth-order valence-electron chi connectivity index (χ4n) is 1.21. The monoisotopic (exact) mass is 319 g/mol. The van der Waals surface area contributed by atoms with E-state index in [1.165, 1.54) is 15.7 Å². The van der Waals surface area contributed by atoms with E-state index in [0.717, 1.165) is 26.2 Å². The van der Waals surface area contributed by atoms with E-state index in [4.69, 9.17) is 4.74 Å². The van der Waals surface area contributed by atoms with Gasteiger partial charge in [0, 0.05) is 22.4 Å². The standard InChI is InChI=1S/C12H18INO/c1-2-3-8-15-9-7-14-12-6-4-5-11(13)10-12/h4-6,10,14H,2-3,7-9H2,1H3. The molecule has 84 valence electrons. The highest BCUT2D eigenvalue weighted by Crippen LogP contribution is 2.11. The Morgan fingerprint density at radius 2 is 2.20 bits per heavy atom. The molecule has 0 amide bonds. The Morgan fingerprint density at radius 3 is 2.93 bits per heavy atom. The molecule has 1 rings (SSSR count). The van der Waals surface area contributed by atoms with Crippen LogP contribution in [0.15, 0.2) is 24.3 Å². The Hall–Kier alpha value is -0.290. The van der Waals surface area contributed by atoms with Crippen molar-refractivity contribution in [2.24, 2.45) is 0 Å². The van der Waals surface area contributed by atoms with Gasteiger partial charge in [-0.15, -0.1) is 0 Å². The van der Waals surface area contributed by atoms with Crippen LogP contribution in [0.4, 0.5) is 5.69 Å². The van der Waals surface area contributed by atoms with Crippen molar-refractivity contribution in [3.8, 4) is 0 Å². The van der Waals surface area contributed by atoms with Gasteiger partial charge in [-0.2, -0.15) is 0 Å². The van der Waals surface area contributed by atoms with Crippen molar-refractivity contribution >= 4 is 28.3 Å². The van der Waals surface area contributed by atoms with Gasteiger partial charge in [0.2, 0.25) is 0 Å². The zero-order valence-electron chi connectivity index (χ0n) is 9.13. The lowest BCUT2D eigenvalue weighted by Gasteiger charge is -2.07. The molecule has 0 fully saturated rings. The highest BCUT2D eigenvalue weighted by atomic mass is 127. The molecule has 1 N–H and O–H groups in total. The van der Waals surface area contributed by atoms with Crippen LogP contribution in [0.25, 0.3) is 0 Å². The van der Waals surface area contributed by atoms with Crippen molar-refractivity contribution in [2.45, 2.75) is 19.8 Å². The second kappa shape index (κ2) is 7.93. The van der Waals surface area contributed by atoms with Crippen LogP contribution < -0.4 is 5.32 Å². The normalized spacial score (nSPS) is 10.3. The van der Waals surface area contributed by atoms with Crippen LogP contribution in [0.3, 0.4) is 0 Å². The number of ether oxygens (including phenoxy) is 1. The maximum atomic E-state index is 5.46. The van der Waals surface area contributed by atoms with Crippen LogP contribution in [0.2, 0.25) is 0 Å². The lowest BCUT2D eigenvalue weighted by molar-refractivity contribution is 0.141. The first-order chi connectivity index (χ1) is 7.33. The van der Waals surface area contributed by atoms with Crippen molar-refractivity contribution in [1.82, 2.24) is 0 Å². The largest absolute Gasteiger partial charge is 0.383 e. The average Bonchev–Trinajstić information content (AvgIpc) is 2.23. The van der Waals surface area contributed by atoms with Gasteiger partial charge in [0.25, 0.3) is 0 Å². The van der Waals surface area contributed by atoms with Gasteiger partial charge in [0.15, 0.2) is 0 Å². The summed E-state index contributed by atoms with van der Waals surface area (Å²) in [5, 5.41) is 3.33. The van der Waals surface area contributed by atoms with E-state index in [0.29, 0.717) is 0 Å². The molecule has 0 aromatic heterocycles. The molecule has 0 atom stereocenters. The van der Waals surface area contributed by atoms with Crippen molar-refractivity contribution in [3.63, 3.8) is 0 Å². The zero-order valence-corrected chi connectivity index (χ0v) is 11.3. The predicted octanol–water partition coefficient (Wildman–Crippen LogP) is 3.52. The Balaban J connectivity index is 2.10. The third-order valence-electron chi connectivity index (χ3n) is 2.04. The summed E-state index contributed by atoms with van der Waals surface area (Å²) in [6, 6.07) is 8.35. The summed E-state index contributed by atoms with van der Waals surface area (Å²) in [5.41, 5.74) is 1.17. The first kappa shape index (κ1) is 12.8. The highest BCUT2D eigenvalue weighted by Gasteiger charge is 1.92. The molecule has 0 unspecified atom stereocenters. The van der Waals surface area contributed by atoms with E-state index >= 15 is 0 Å². The number of rotatable bonds is 7. The van der Waals surface area contributed by atoms with Crippen LogP contribution in [-0.2, 0) is 4.74 Å². The number of halogens is 1. The van der Waals surface area contributed by atoms with Crippen LogP contribution in [0.5, 0.6) is 0 Å². The van der Waals surface area contributed by atoms with Crippen molar-refractivity contribution in [2.75, 3.05) is 25.1 Å². The quantitative estimate of drug-likeness (QED) is 0.613. The Kier molecular flexibility index (Phi) is 6.76. The molecule has 1 aromatic rings. The van der Waals surface area contributed by atoms with Gasteiger partial charge >= 0.3 is 0 Å². The number of nitrogens with one attached hydrogen (secondary N) is 1. The minimum absolute atomic E-state index is 0.783. The minimum Gasteiger partial charge on any atom is -0.383 e. The number of hydrogen-bond acceptors (Lipinski definition) is 2. The third-order valence-corrected chi connectivity index (χ3v) is 2.71. The molecule has 0 heterocycles. The summed E-state index contributed by atoms with van der Waals surface area (Å²) in [5.74, 6) is 0. The van der Waals surface area contributed by atoms with Crippen molar-refractivity contribution in [3.05, 3.63) is 27.8 Å². The molecule has 1 aromatic carbocycles. The fourth-order valence-corrected chi connectivity index (χ4v) is 1.76. The Bertz CT molecular complexity index is 278. The van der Waals surface area contributed by atoms with Gasteiger partial charge < -0.3 is 10.1 Å². The predicted molar refractivity (Wildman–Crippen MR) is 73.4 cm³/mol. The number of benzene rings is 1. The smallest absolute Gasteiger partial charge is 0.0639 e. The topological polar surface area (TPSA) is 21.3 Å². The van der Waals surface area contributed by atoms with Crippen LogP contribution in [0, 0.1) is 3.57 Å². The van der Waals surface area contributed by atoms with E-state index in [1.54, 1.807) is 0 Å². The molecule has 0 aliphatic heterocycles. The second-order valence-corrected chi connectivity index (χ2v) is 4.65. The van der Waals surface area contributed by atoms with E-state index in [1.807, 2.05) is 0 Å². The molecule has 0 saturated heterocycles. The molecule has 3 heteroatoms. The highest BCUT2D eigenvalue weighted by molar-refractivity contribution is 14.1. The molecule has 0 spiro atoms. The van der Waals surface area contributed by atoms with E-state index in [2.05, 4.69) is 59.1 Å². The Morgan fingerprint density at radius 1 is 1.33 bits per heavy atom. The molecular weight excluding hydrogens is 301 g/mol. The SMILES string of the molecule is CCCCOCCNc1cccc(I)c1. The summed E-state index contributed by atoms with van der Waals surface area (Å²) in [6.07, 6.45) is 2.35. The van der Waals surface area contributed by atoms with Crippen LogP contribution >= 0.6 is 22.6 Å². The maximum Gasteiger partial charge on any atom is 0.0639 e. The fraction of sp³-hybridized carbons (Fsp3) is 0.500. The van der Waals surface area contributed by atoms with Gasteiger partial charge in [-0.05, 0) is 47.2 Å². The molecule has 0 aliphatic rings.